The van der Waals surface area contributed by atoms with Gasteiger partial charge in [-0.3, -0.25) is 9.58 Å². The van der Waals surface area contributed by atoms with E-state index >= 15 is 0 Å². The van der Waals surface area contributed by atoms with Crippen LogP contribution in [0.1, 0.15) is 89.3 Å². The molecule has 2 aliphatic heterocycles. The summed E-state index contributed by atoms with van der Waals surface area (Å²) in [6.45, 7) is 18.8. The van der Waals surface area contributed by atoms with E-state index in [-0.39, 0.29) is 0 Å². The Labute approximate surface area is 207 Å². The summed E-state index contributed by atoms with van der Waals surface area (Å²) in [6, 6.07) is 5.81. The highest BCUT2D eigenvalue weighted by Gasteiger charge is 2.25. The average Bonchev–Trinajstić information content (AvgIpc) is 3.31. The van der Waals surface area contributed by atoms with Crippen molar-refractivity contribution in [3.8, 4) is 0 Å². The van der Waals surface area contributed by atoms with Crippen LogP contribution in [0.2, 0.25) is 0 Å². The number of aromatic nitrogens is 4. The largest absolute Gasteiger partial charge is 0.303 e. The van der Waals surface area contributed by atoms with Gasteiger partial charge in [0.25, 0.3) is 0 Å². The predicted octanol–water partition coefficient (Wildman–Crippen LogP) is 5.11. The lowest BCUT2D eigenvalue weighted by atomic mass is 9.92. The van der Waals surface area contributed by atoms with Gasteiger partial charge >= 0.3 is 0 Å². The Morgan fingerprint density at radius 1 is 0.765 bits per heavy atom. The summed E-state index contributed by atoms with van der Waals surface area (Å²) in [7, 11) is 0. The first-order valence-electron chi connectivity index (χ1n) is 13.9. The Morgan fingerprint density at radius 3 is 1.85 bits per heavy atom. The van der Waals surface area contributed by atoms with Crippen molar-refractivity contribution in [1.82, 2.24) is 29.3 Å². The first-order valence-corrected chi connectivity index (χ1v) is 13.9. The summed E-state index contributed by atoms with van der Waals surface area (Å²) in [5.74, 6) is 3.84. The van der Waals surface area contributed by atoms with Crippen LogP contribution in [0.4, 0.5) is 0 Å². The average molecular weight is 469 g/mol. The van der Waals surface area contributed by atoms with Crippen LogP contribution in [-0.2, 0) is 12.8 Å². The van der Waals surface area contributed by atoms with E-state index in [1.807, 2.05) is 0 Å². The van der Waals surface area contributed by atoms with Crippen LogP contribution in [0.25, 0.3) is 0 Å². The van der Waals surface area contributed by atoms with Crippen LogP contribution < -0.4 is 0 Å². The maximum absolute atomic E-state index is 4.72. The first kappa shape index (κ1) is 25.4. The van der Waals surface area contributed by atoms with Crippen LogP contribution >= 0.6 is 0 Å². The minimum Gasteiger partial charge on any atom is -0.303 e. The topological polar surface area (TPSA) is 42.1 Å². The molecule has 4 rings (SSSR count). The Kier molecular flexibility index (Phi) is 8.52. The molecule has 6 heteroatoms. The Bertz CT molecular complexity index is 875. The van der Waals surface area contributed by atoms with Gasteiger partial charge in [-0.25, -0.2) is 4.68 Å². The van der Waals surface area contributed by atoms with Gasteiger partial charge in [-0.1, -0.05) is 20.3 Å². The highest BCUT2D eigenvalue weighted by atomic mass is 15.5. The molecule has 0 bridgehead atoms. The molecule has 2 saturated heterocycles. The van der Waals surface area contributed by atoms with E-state index in [9.17, 15) is 0 Å². The minimum absolute atomic E-state index is 0.700. The van der Waals surface area contributed by atoms with Gasteiger partial charge in [0.1, 0.15) is 0 Å². The van der Waals surface area contributed by atoms with Crippen LogP contribution in [0.3, 0.4) is 0 Å². The van der Waals surface area contributed by atoms with Crippen molar-refractivity contribution in [2.75, 3.05) is 26.2 Å². The molecule has 4 atom stereocenters. The van der Waals surface area contributed by atoms with Crippen molar-refractivity contribution in [3.63, 3.8) is 0 Å². The highest BCUT2D eigenvalue weighted by Crippen LogP contribution is 2.24. The third kappa shape index (κ3) is 5.93. The van der Waals surface area contributed by atoms with Gasteiger partial charge in [-0.05, 0) is 96.9 Å². The summed E-state index contributed by atoms with van der Waals surface area (Å²) in [4.78, 5) is 5.37. The lowest BCUT2D eigenvalue weighted by Gasteiger charge is -2.39. The van der Waals surface area contributed by atoms with E-state index in [1.165, 1.54) is 50.2 Å². The quantitative estimate of drug-likeness (QED) is 0.513. The van der Waals surface area contributed by atoms with Crippen LogP contribution in [0.15, 0.2) is 12.1 Å². The molecule has 2 aromatic rings. The smallest absolute Gasteiger partial charge is 0.153 e. The number of nitrogens with zero attached hydrogens (tertiary/aromatic N) is 6. The van der Waals surface area contributed by atoms with E-state index in [2.05, 4.69) is 72.8 Å². The Morgan fingerprint density at radius 2 is 1.29 bits per heavy atom. The maximum atomic E-state index is 4.72. The van der Waals surface area contributed by atoms with Gasteiger partial charge in [-0.15, -0.1) is 10.2 Å². The molecule has 0 amide bonds. The second-order valence-electron chi connectivity index (χ2n) is 11.6. The summed E-state index contributed by atoms with van der Waals surface area (Å²) >= 11 is 0. The number of piperidine rings is 2. The molecule has 6 nitrogen and oxygen atoms in total. The van der Waals surface area contributed by atoms with E-state index < -0.39 is 0 Å². The first-order chi connectivity index (χ1) is 16.3. The van der Waals surface area contributed by atoms with Gasteiger partial charge in [-0.2, -0.15) is 0 Å². The van der Waals surface area contributed by atoms with E-state index in [0.717, 1.165) is 62.3 Å². The number of hydrogen-bond donors (Lipinski definition) is 0. The van der Waals surface area contributed by atoms with Crippen molar-refractivity contribution in [2.24, 2.45) is 11.8 Å². The molecule has 4 heterocycles. The number of aryl methyl sites for hydroxylation is 4. The molecule has 2 aromatic heterocycles. The van der Waals surface area contributed by atoms with Gasteiger partial charge in [0, 0.05) is 49.4 Å². The molecule has 0 spiro atoms. The molecule has 0 N–H and O–H groups in total. The Balaban J connectivity index is 1.43. The molecule has 2 fully saturated rings. The van der Waals surface area contributed by atoms with Gasteiger partial charge in [0.2, 0.25) is 0 Å². The third-order valence-corrected chi connectivity index (χ3v) is 8.22. The molecule has 0 unspecified atom stereocenters. The summed E-state index contributed by atoms with van der Waals surface area (Å²) in [5, 5.41) is 9.45. The Hall–Kier alpha value is -1.66. The van der Waals surface area contributed by atoms with Gasteiger partial charge < -0.3 is 4.90 Å². The van der Waals surface area contributed by atoms with Crippen molar-refractivity contribution >= 4 is 0 Å². The normalized spacial score (nSPS) is 26.9. The standard InChI is InChI=1S/C28H48N6/c1-21-18-22(2)20-31(19-21)16-8-12-27-29-30-28(34(27)33-25(5)14-15-26(33)6)13-9-17-32-23(3)10-7-11-24(32)4/h14-15,21-24H,7-13,16-20H2,1-6H3/t21-,22+,23-,24-/m0/s1. The lowest BCUT2D eigenvalue weighted by molar-refractivity contribution is 0.102. The van der Waals surface area contributed by atoms with E-state index in [1.54, 1.807) is 0 Å². The summed E-state index contributed by atoms with van der Waals surface area (Å²) in [5.41, 5.74) is 2.49. The minimum atomic E-state index is 0.700. The second-order valence-corrected chi connectivity index (χ2v) is 11.6. The molecule has 190 valence electrons. The van der Waals surface area contributed by atoms with Gasteiger partial charge in [0.15, 0.2) is 11.6 Å². The van der Waals surface area contributed by atoms with Crippen LogP contribution in [0.5, 0.6) is 0 Å². The number of likely N-dealkylation sites (tertiary alicyclic amines) is 2. The molecule has 34 heavy (non-hydrogen) atoms. The van der Waals surface area contributed by atoms with Gasteiger partial charge in [0.05, 0.1) is 0 Å². The molecular formula is C28H48N6. The predicted molar refractivity (Wildman–Crippen MR) is 140 cm³/mol. The zero-order valence-electron chi connectivity index (χ0n) is 22.6. The van der Waals surface area contributed by atoms with Crippen LogP contribution in [-0.4, -0.2) is 67.6 Å². The molecule has 0 aliphatic carbocycles. The van der Waals surface area contributed by atoms with Crippen molar-refractivity contribution in [3.05, 3.63) is 35.2 Å². The summed E-state index contributed by atoms with van der Waals surface area (Å²) < 4.78 is 4.65. The fourth-order valence-corrected chi connectivity index (χ4v) is 6.64. The fourth-order valence-electron chi connectivity index (χ4n) is 6.64. The highest BCUT2D eigenvalue weighted by molar-refractivity contribution is 5.16. The lowest BCUT2D eigenvalue weighted by Crippen LogP contribution is -2.44. The number of hydrogen-bond acceptors (Lipinski definition) is 4. The SMILES string of the molecule is Cc1ccc(C)n1-n1c(CCCN2C[C@H](C)C[C@H](C)C2)nnc1CCCN1[C@@H](C)CCC[C@@H]1C. The number of rotatable bonds is 9. The molecule has 0 saturated carbocycles. The molecule has 0 radical (unpaired) electrons. The zero-order chi connectivity index (χ0) is 24.2. The van der Waals surface area contributed by atoms with Crippen LogP contribution in [0, 0.1) is 25.7 Å². The second kappa shape index (κ2) is 11.4. The van der Waals surface area contributed by atoms with E-state index in [0.29, 0.717) is 12.1 Å². The fraction of sp³-hybridized carbons (Fsp3) is 0.786. The maximum Gasteiger partial charge on any atom is 0.153 e. The van der Waals surface area contributed by atoms with Crippen molar-refractivity contribution in [2.45, 2.75) is 105 Å². The monoisotopic (exact) mass is 468 g/mol. The van der Waals surface area contributed by atoms with E-state index in [4.69, 9.17) is 10.2 Å². The summed E-state index contributed by atoms with van der Waals surface area (Å²) in [6.07, 6.45) is 9.63. The molecular weight excluding hydrogens is 420 g/mol. The zero-order valence-corrected chi connectivity index (χ0v) is 22.6. The third-order valence-electron chi connectivity index (χ3n) is 8.22. The van der Waals surface area contributed by atoms with Crippen molar-refractivity contribution in [1.29, 1.82) is 0 Å². The van der Waals surface area contributed by atoms with Crippen molar-refractivity contribution < 1.29 is 0 Å². The molecule has 2 aliphatic rings. The molecule has 0 aromatic carbocycles.